The summed E-state index contributed by atoms with van der Waals surface area (Å²) in [6.07, 6.45) is 3.35. The average Bonchev–Trinajstić information content (AvgIpc) is 2.88. The van der Waals surface area contributed by atoms with Crippen LogP contribution in [0.5, 0.6) is 0 Å². The van der Waals surface area contributed by atoms with Crippen molar-refractivity contribution >= 4 is 17.5 Å². The highest BCUT2D eigenvalue weighted by Crippen LogP contribution is 2.15. The van der Waals surface area contributed by atoms with E-state index in [-0.39, 0.29) is 17.9 Å². The number of aliphatic hydroxyl groups is 1. The summed E-state index contributed by atoms with van der Waals surface area (Å²) in [5.41, 5.74) is 0. The fraction of sp³-hybridized carbons (Fsp3) is 0.455. The number of rotatable bonds is 5. The van der Waals surface area contributed by atoms with Gasteiger partial charge in [-0.15, -0.1) is 0 Å². The summed E-state index contributed by atoms with van der Waals surface area (Å²) in [7, 11) is 0. The lowest BCUT2D eigenvalue weighted by Crippen LogP contribution is -2.35. The quantitative estimate of drug-likeness (QED) is 0.878. The summed E-state index contributed by atoms with van der Waals surface area (Å²) in [6, 6.07) is 1.90. The van der Waals surface area contributed by atoms with Crippen molar-refractivity contribution in [3.63, 3.8) is 0 Å². The Morgan fingerprint density at radius 3 is 2.74 bits per heavy atom. The van der Waals surface area contributed by atoms with E-state index in [9.17, 15) is 0 Å². The molecule has 19 heavy (non-hydrogen) atoms. The van der Waals surface area contributed by atoms with Gasteiger partial charge in [-0.1, -0.05) is 0 Å². The number of nitrogens with zero attached hydrogens (tertiary/aromatic N) is 6. The number of hydrogen-bond donors (Lipinski definition) is 1. The molecule has 0 aliphatic heterocycles. The van der Waals surface area contributed by atoms with Gasteiger partial charge in [0.15, 0.2) is 0 Å². The molecular formula is C11H15ClN6O. The van der Waals surface area contributed by atoms with E-state index in [4.69, 9.17) is 16.7 Å². The summed E-state index contributed by atoms with van der Waals surface area (Å²) in [6.45, 7) is 4.41. The van der Waals surface area contributed by atoms with Gasteiger partial charge in [-0.05, 0) is 31.5 Å². The van der Waals surface area contributed by atoms with Gasteiger partial charge >= 0.3 is 0 Å². The van der Waals surface area contributed by atoms with E-state index in [1.165, 1.54) is 4.68 Å². The fourth-order valence-electron chi connectivity index (χ4n) is 1.64. The molecule has 0 atom stereocenters. The zero-order chi connectivity index (χ0) is 13.8. The number of hydrogen-bond acceptors (Lipinski definition) is 6. The molecule has 0 amide bonds. The summed E-state index contributed by atoms with van der Waals surface area (Å²) in [4.78, 5) is 14.3. The lowest BCUT2D eigenvalue weighted by atomic mass is 10.3. The van der Waals surface area contributed by atoms with E-state index >= 15 is 0 Å². The van der Waals surface area contributed by atoms with Crippen LogP contribution < -0.4 is 4.90 Å². The van der Waals surface area contributed by atoms with Crippen LogP contribution >= 0.6 is 11.6 Å². The van der Waals surface area contributed by atoms with Crippen molar-refractivity contribution in [3.05, 3.63) is 23.7 Å². The Balaban J connectivity index is 2.40. The van der Waals surface area contributed by atoms with Crippen molar-refractivity contribution in [2.45, 2.75) is 19.9 Å². The third-order valence-corrected chi connectivity index (χ3v) is 2.68. The van der Waals surface area contributed by atoms with Crippen LogP contribution in [0.4, 0.5) is 5.95 Å². The van der Waals surface area contributed by atoms with E-state index in [1.54, 1.807) is 18.5 Å². The second kappa shape index (κ2) is 5.94. The predicted octanol–water partition coefficient (Wildman–Crippen LogP) is 0.918. The molecule has 0 fully saturated rings. The molecule has 0 radical (unpaired) electrons. The van der Waals surface area contributed by atoms with Crippen LogP contribution in [0.2, 0.25) is 5.28 Å². The molecule has 2 aromatic rings. The smallest absolute Gasteiger partial charge is 0.256 e. The molecule has 2 rings (SSSR count). The Hall–Kier alpha value is -1.73. The first-order valence-electron chi connectivity index (χ1n) is 5.91. The largest absolute Gasteiger partial charge is 0.395 e. The van der Waals surface area contributed by atoms with Crippen molar-refractivity contribution in [1.82, 2.24) is 24.7 Å². The molecule has 2 heterocycles. The highest BCUT2D eigenvalue weighted by atomic mass is 35.5. The molecule has 2 aromatic heterocycles. The molecule has 0 aliphatic carbocycles. The molecule has 0 bridgehead atoms. The third kappa shape index (κ3) is 3.18. The Bertz CT molecular complexity index is 530. The van der Waals surface area contributed by atoms with E-state index in [1.807, 2.05) is 18.7 Å². The molecule has 7 nitrogen and oxygen atoms in total. The lowest BCUT2D eigenvalue weighted by molar-refractivity contribution is 0.298. The van der Waals surface area contributed by atoms with Gasteiger partial charge in [-0.2, -0.15) is 20.1 Å². The zero-order valence-corrected chi connectivity index (χ0v) is 11.5. The normalized spacial score (nSPS) is 11.0. The second-order valence-electron chi connectivity index (χ2n) is 4.17. The van der Waals surface area contributed by atoms with Gasteiger partial charge in [-0.3, -0.25) is 0 Å². The third-order valence-electron chi connectivity index (χ3n) is 2.51. The summed E-state index contributed by atoms with van der Waals surface area (Å²) in [5.74, 6) is 0.776. The second-order valence-corrected chi connectivity index (χ2v) is 4.50. The number of halogens is 1. The van der Waals surface area contributed by atoms with Gasteiger partial charge in [-0.25, -0.2) is 4.68 Å². The first-order chi connectivity index (χ1) is 9.11. The number of aromatic nitrogens is 5. The van der Waals surface area contributed by atoms with Gasteiger partial charge in [0.05, 0.1) is 6.61 Å². The standard InChI is InChI=1S/C11H15ClN6O/c1-8(2)17(6-7-19)10-14-9(12)15-11(16-10)18-5-3-4-13-18/h3-5,8,19H,6-7H2,1-2H3. The van der Waals surface area contributed by atoms with Gasteiger partial charge in [0.25, 0.3) is 5.95 Å². The van der Waals surface area contributed by atoms with Gasteiger partial charge in [0, 0.05) is 25.0 Å². The predicted molar refractivity (Wildman–Crippen MR) is 71.5 cm³/mol. The maximum absolute atomic E-state index is 9.11. The zero-order valence-electron chi connectivity index (χ0n) is 10.7. The Kier molecular flexibility index (Phi) is 4.28. The minimum absolute atomic E-state index is 0.0125. The lowest BCUT2D eigenvalue weighted by Gasteiger charge is -2.25. The summed E-state index contributed by atoms with van der Waals surface area (Å²) >= 11 is 5.92. The van der Waals surface area contributed by atoms with Gasteiger partial charge in [0.2, 0.25) is 11.2 Å². The van der Waals surface area contributed by atoms with E-state index < -0.39 is 0 Å². The van der Waals surface area contributed by atoms with Crippen LogP contribution in [0.15, 0.2) is 18.5 Å². The van der Waals surface area contributed by atoms with Crippen LogP contribution in [0.3, 0.4) is 0 Å². The number of aliphatic hydroxyl groups excluding tert-OH is 1. The Labute approximate surface area is 115 Å². The molecule has 0 spiro atoms. The monoisotopic (exact) mass is 282 g/mol. The topological polar surface area (TPSA) is 80.0 Å². The first-order valence-corrected chi connectivity index (χ1v) is 6.28. The highest BCUT2D eigenvalue weighted by Gasteiger charge is 2.16. The molecule has 102 valence electrons. The molecule has 8 heteroatoms. The minimum atomic E-state index is 0.0125. The van der Waals surface area contributed by atoms with Crippen molar-refractivity contribution < 1.29 is 5.11 Å². The summed E-state index contributed by atoms with van der Waals surface area (Å²) in [5, 5.41) is 13.3. The maximum Gasteiger partial charge on any atom is 0.256 e. The SMILES string of the molecule is CC(C)N(CCO)c1nc(Cl)nc(-n2cccn2)n1. The maximum atomic E-state index is 9.11. The molecule has 0 saturated heterocycles. The molecule has 0 aliphatic rings. The van der Waals surface area contributed by atoms with Gasteiger partial charge in [0.1, 0.15) is 0 Å². The Morgan fingerprint density at radius 2 is 2.16 bits per heavy atom. The van der Waals surface area contributed by atoms with Crippen LogP contribution in [0.25, 0.3) is 5.95 Å². The molecule has 0 aromatic carbocycles. The van der Waals surface area contributed by atoms with E-state index in [0.717, 1.165) is 0 Å². The van der Waals surface area contributed by atoms with Gasteiger partial charge < -0.3 is 10.0 Å². The van der Waals surface area contributed by atoms with Crippen molar-refractivity contribution in [3.8, 4) is 5.95 Å². The van der Waals surface area contributed by atoms with Crippen molar-refractivity contribution in [2.24, 2.45) is 0 Å². The minimum Gasteiger partial charge on any atom is -0.395 e. The molecule has 1 N–H and O–H groups in total. The molecule has 0 saturated carbocycles. The fourth-order valence-corrected chi connectivity index (χ4v) is 1.80. The number of anilines is 1. The van der Waals surface area contributed by atoms with E-state index in [0.29, 0.717) is 18.4 Å². The van der Waals surface area contributed by atoms with Crippen molar-refractivity contribution in [2.75, 3.05) is 18.1 Å². The van der Waals surface area contributed by atoms with Crippen LogP contribution in [0, 0.1) is 0 Å². The molecular weight excluding hydrogens is 268 g/mol. The molecule has 0 unspecified atom stereocenters. The highest BCUT2D eigenvalue weighted by molar-refractivity contribution is 6.28. The van der Waals surface area contributed by atoms with Crippen LogP contribution in [-0.4, -0.2) is 49.0 Å². The van der Waals surface area contributed by atoms with Crippen molar-refractivity contribution in [1.29, 1.82) is 0 Å². The van der Waals surface area contributed by atoms with Crippen LogP contribution in [-0.2, 0) is 0 Å². The van der Waals surface area contributed by atoms with E-state index in [2.05, 4.69) is 20.1 Å². The Morgan fingerprint density at radius 1 is 1.37 bits per heavy atom. The first kappa shape index (κ1) is 13.7. The van der Waals surface area contributed by atoms with Crippen LogP contribution in [0.1, 0.15) is 13.8 Å². The average molecular weight is 283 g/mol. The summed E-state index contributed by atoms with van der Waals surface area (Å²) < 4.78 is 1.51.